The fourth-order valence-electron chi connectivity index (χ4n) is 7.32. The summed E-state index contributed by atoms with van der Waals surface area (Å²) in [4.78, 5) is 12.2. The Labute approximate surface area is 222 Å². The summed E-state index contributed by atoms with van der Waals surface area (Å²) >= 11 is 0. The van der Waals surface area contributed by atoms with E-state index in [0.29, 0.717) is 29.5 Å². The van der Waals surface area contributed by atoms with Gasteiger partial charge in [-0.3, -0.25) is 4.79 Å². The first-order valence-corrected chi connectivity index (χ1v) is 13.4. The highest BCUT2D eigenvalue weighted by atomic mass is 35.5. The van der Waals surface area contributed by atoms with Crippen molar-refractivity contribution in [2.75, 3.05) is 20.3 Å². The minimum atomic E-state index is -0.127. The van der Waals surface area contributed by atoms with E-state index < -0.39 is 0 Å². The Kier molecular flexibility index (Phi) is 8.84. The fraction of sp³-hybridized carbons (Fsp3) is 0.567. The minimum absolute atomic E-state index is 0. The third kappa shape index (κ3) is 6.18. The molecule has 0 aromatic heterocycles. The average molecular weight is 513 g/mol. The van der Waals surface area contributed by atoms with Gasteiger partial charge in [0.1, 0.15) is 0 Å². The molecule has 2 aromatic carbocycles. The van der Waals surface area contributed by atoms with Crippen LogP contribution in [0, 0.1) is 23.2 Å². The molecule has 0 heterocycles. The quantitative estimate of drug-likeness (QED) is 0.414. The van der Waals surface area contributed by atoms with E-state index in [1.54, 1.807) is 7.11 Å². The molecule has 0 spiro atoms. The van der Waals surface area contributed by atoms with E-state index in [9.17, 15) is 4.79 Å². The van der Waals surface area contributed by atoms with Gasteiger partial charge in [0.25, 0.3) is 5.91 Å². The third-order valence-corrected chi connectivity index (χ3v) is 8.78. The lowest BCUT2D eigenvalue weighted by atomic mass is 9.48. The van der Waals surface area contributed by atoms with Crippen LogP contribution in [-0.4, -0.2) is 32.2 Å². The Morgan fingerprint density at radius 2 is 1.64 bits per heavy atom. The van der Waals surface area contributed by atoms with Gasteiger partial charge in [-0.05, 0) is 98.3 Å². The van der Waals surface area contributed by atoms with Crippen molar-refractivity contribution >= 4 is 18.3 Å². The van der Waals surface area contributed by atoms with E-state index >= 15 is 0 Å². The number of halogens is 1. The first kappa shape index (κ1) is 26.8. The highest BCUT2D eigenvalue weighted by Gasteiger charge is 2.52. The zero-order valence-corrected chi connectivity index (χ0v) is 22.4. The molecule has 4 aliphatic rings. The largest absolute Gasteiger partial charge is 0.493 e. The third-order valence-electron chi connectivity index (χ3n) is 8.78. The zero-order chi connectivity index (χ0) is 24.3. The molecule has 196 valence electrons. The van der Waals surface area contributed by atoms with Crippen molar-refractivity contribution in [2.45, 2.75) is 64.5 Å². The number of hydrogen-bond acceptors (Lipinski definition) is 4. The number of methoxy groups -OCH3 is 1. The van der Waals surface area contributed by atoms with Crippen LogP contribution in [0.25, 0.3) is 0 Å². The number of rotatable bonds is 11. The first-order chi connectivity index (χ1) is 17.0. The summed E-state index contributed by atoms with van der Waals surface area (Å²) in [5, 5.41) is 6.78. The molecule has 4 saturated carbocycles. The van der Waals surface area contributed by atoms with Crippen molar-refractivity contribution in [2.24, 2.45) is 23.2 Å². The van der Waals surface area contributed by atoms with Gasteiger partial charge in [0, 0.05) is 19.1 Å². The molecule has 5 nitrogen and oxygen atoms in total. The van der Waals surface area contributed by atoms with Crippen LogP contribution in [0.4, 0.5) is 0 Å². The van der Waals surface area contributed by atoms with Crippen molar-refractivity contribution in [1.29, 1.82) is 0 Å². The molecule has 2 aromatic rings. The SMILES string of the molecule is COc1cc(CNC(C)C23CC4CC(CC(C4)C2)C3)ccc1OCC(=O)NCCc1ccccc1.Cl. The lowest BCUT2D eigenvalue weighted by Crippen LogP contribution is -2.54. The Bertz CT molecular complexity index is 977. The monoisotopic (exact) mass is 512 g/mol. The van der Waals surface area contributed by atoms with Gasteiger partial charge in [0.05, 0.1) is 7.11 Å². The Balaban J connectivity index is 0.00000304. The van der Waals surface area contributed by atoms with Gasteiger partial charge in [0.15, 0.2) is 18.1 Å². The second-order valence-corrected chi connectivity index (χ2v) is 11.2. The second-order valence-electron chi connectivity index (χ2n) is 11.2. The molecule has 0 radical (unpaired) electrons. The maximum Gasteiger partial charge on any atom is 0.257 e. The van der Waals surface area contributed by atoms with E-state index in [2.05, 4.69) is 35.8 Å². The van der Waals surface area contributed by atoms with Gasteiger partial charge in [-0.25, -0.2) is 0 Å². The Morgan fingerprint density at radius 1 is 0.972 bits per heavy atom. The van der Waals surface area contributed by atoms with Crippen LogP contribution >= 0.6 is 12.4 Å². The van der Waals surface area contributed by atoms with Crippen LogP contribution in [0.15, 0.2) is 48.5 Å². The second kappa shape index (κ2) is 11.9. The molecule has 4 fully saturated rings. The molecule has 1 atom stereocenters. The van der Waals surface area contributed by atoms with Crippen LogP contribution in [0.1, 0.15) is 56.6 Å². The molecule has 1 amide bonds. The first-order valence-electron chi connectivity index (χ1n) is 13.4. The normalized spacial score (nSPS) is 26.7. The van der Waals surface area contributed by atoms with Crippen molar-refractivity contribution in [1.82, 2.24) is 10.6 Å². The fourth-order valence-corrected chi connectivity index (χ4v) is 7.32. The summed E-state index contributed by atoms with van der Waals surface area (Å²) in [6.45, 7) is 3.79. The summed E-state index contributed by atoms with van der Waals surface area (Å²) in [7, 11) is 1.65. The van der Waals surface area contributed by atoms with Crippen LogP contribution in [0.3, 0.4) is 0 Å². The number of hydrogen-bond donors (Lipinski definition) is 2. The lowest BCUT2D eigenvalue weighted by Gasteiger charge is -2.59. The molecule has 36 heavy (non-hydrogen) atoms. The smallest absolute Gasteiger partial charge is 0.257 e. The Morgan fingerprint density at radius 3 is 2.28 bits per heavy atom. The van der Waals surface area contributed by atoms with Gasteiger partial charge in [-0.15, -0.1) is 12.4 Å². The average Bonchev–Trinajstić information content (AvgIpc) is 2.86. The van der Waals surface area contributed by atoms with E-state index in [4.69, 9.17) is 9.47 Å². The van der Waals surface area contributed by atoms with Crippen LogP contribution in [0.5, 0.6) is 11.5 Å². The number of ether oxygens (including phenoxy) is 2. The number of carbonyl (C=O) groups is 1. The summed E-state index contributed by atoms with van der Waals surface area (Å²) < 4.78 is 11.4. The van der Waals surface area contributed by atoms with Crippen LogP contribution < -0.4 is 20.1 Å². The molecule has 6 rings (SSSR count). The minimum Gasteiger partial charge on any atom is -0.493 e. The zero-order valence-electron chi connectivity index (χ0n) is 21.6. The van der Waals surface area contributed by atoms with E-state index in [0.717, 1.165) is 30.7 Å². The molecule has 6 heteroatoms. The van der Waals surface area contributed by atoms with E-state index in [1.165, 1.54) is 49.7 Å². The predicted molar refractivity (Wildman–Crippen MR) is 146 cm³/mol. The van der Waals surface area contributed by atoms with Crippen molar-refractivity contribution in [3.63, 3.8) is 0 Å². The molecule has 2 N–H and O–H groups in total. The lowest BCUT2D eigenvalue weighted by molar-refractivity contribution is -0.123. The standard InChI is InChI=1S/C30H40N2O3.ClH/c1-21(30-16-24-12-25(17-30)14-26(13-24)18-30)32-19-23-8-9-27(28(15-23)34-2)35-20-29(33)31-11-10-22-6-4-3-5-7-22;/h3-9,15,21,24-26,32H,10-14,16-20H2,1-2H3,(H,31,33);1H. The van der Waals surface area contributed by atoms with Gasteiger partial charge in [0.2, 0.25) is 0 Å². The van der Waals surface area contributed by atoms with Gasteiger partial charge in [-0.2, -0.15) is 0 Å². The molecular formula is C30H41ClN2O3. The van der Waals surface area contributed by atoms with E-state index in [-0.39, 0.29) is 24.9 Å². The molecule has 1 unspecified atom stereocenters. The predicted octanol–water partition coefficient (Wildman–Crippen LogP) is 5.55. The van der Waals surface area contributed by atoms with Crippen LogP contribution in [-0.2, 0) is 17.8 Å². The topological polar surface area (TPSA) is 59.6 Å². The molecule has 0 saturated heterocycles. The van der Waals surface area contributed by atoms with Crippen molar-refractivity contribution < 1.29 is 14.3 Å². The summed E-state index contributed by atoms with van der Waals surface area (Å²) in [5.41, 5.74) is 2.88. The highest BCUT2D eigenvalue weighted by molar-refractivity contribution is 5.85. The molecule has 4 bridgehead atoms. The van der Waals surface area contributed by atoms with E-state index in [1.807, 2.05) is 30.3 Å². The number of nitrogens with one attached hydrogen (secondary N) is 2. The van der Waals surface area contributed by atoms with Crippen LogP contribution in [0.2, 0.25) is 0 Å². The number of amides is 1. The summed E-state index contributed by atoms with van der Waals surface area (Å²) in [5.74, 6) is 4.05. The summed E-state index contributed by atoms with van der Waals surface area (Å²) in [6, 6.07) is 16.7. The molecule has 0 aliphatic heterocycles. The maximum atomic E-state index is 12.2. The molecular weight excluding hydrogens is 472 g/mol. The van der Waals surface area contributed by atoms with Gasteiger partial charge < -0.3 is 20.1 Å². The highest BCUT2D eigenvalue weighted by Crippen LogP contribution is 2.61. The number of carbonyl (C=O) groups excluding carboxylic acids is 1. The van der Waals surface area contributed by atoms with Gasteiger partial charge >= 0.3 is 0 Å². The number of benzene rings is 2. The molecule has 4 aliphatic carbocycles. The maximum absolute atomic E-state index is 12.2. The Hall–Kier alpha value is -2.24. The van der Waals surface area contributed by atoms with Crippen molar-refractivity contribution in [3.8, 4) is 11.5 Å². The van der Waals surface area contributed by atoms with Gasteiger partial charge in [-0.1, -0.05) is 36.4 Å². The summed E-state index contributed by atoms with van der Waals surface area (Å²) in [6.07, 6.45) is 9.49. The van der Waals surface area contributed by atoms with Crippen molar-refractivity contribution in [3.05, 3.63) is 59.7 Å².